The van der Waals surface area contributed by atoms with E-state index in [0.717, 1.165) is 0 Å². The van der Waals surface area contributed by atoms with Gasteiger partial charge in [-0.15, -0.1) is 0 Å². The number of hydrazine groups is 1. The molecule has 0 unspecified atom stereocenters. The number of benzene rings is 2. The summed E-state index contributed by atoms with van der Waals surface area (Å²) in [7, 11) is 0. The minimum atomic E-state index is -1.14. The summed E-state index contributed by atoms with van der Waals surface area (Å²) in [5, 5.41) is 44.0. The summed E-state index contributed by atoms with van der Waals surface area (Å²) < 4.78 is 0. The number of anilines is 1. The topological polar surface area (TPSA) is 176 Å². The monoisotopic (exact) mass is 363 g/mol. The number of hydrogen-bond acceptors (Lipinski definition) is 8. The molecule has 0 fully saturated rings. The third-order valence-electron chi connectivity index (χ3n) is 3.29. The molecule has 0 aromatic heterocycles. The van der Waals surface area contributed by atoms with Crippen LogP contribution in [-0.4, -0.2) is 19.8 Å². The van der Waals surface area contributed by atoms with Crippen LogP contribution in [0.4, 0.5) is 22.7 Å². The van der Waals surface area contributed by atoms with Crippen LogP contribution in [0, 0.1) is 40.5 Å². The van der Waals surface area contributed by atoms with Crippen molar-refractivity contribution in [2.75, 3.05) is 5.01 Å². The van der Waals surface area contributed by atoms with Crippen LogP contribution in [0.2, 0.25) is 0 Å². The molecule has 0 aliphatic carbocycles. The number of nitrogens with zero attached hydrogens (tertiary/aromatic N) is 5. The molecular formula is C13H9N5O8. The first-order valence-electron chi connectivity index (χ1n) is 6.79. The first kappa shape index (κ1) is 18.2. The van der Waals surface area contributed by atoms with Gasteiger partial charge in [-0.1, -0.05) is 35.3 Å². The normalized spacial score (nSPS) is 10.2. The summed E-state index contributed by atoms with van der Waals surface area (Å²) in [6.07, 6.45) is 0. The van der Waals surface area contributed by atoms with Gasteiger partial charge in [0.15, 0.2) is 5.03 Å². The number of hydrogen-bond donors (Lipinski definition) is 0. The van der Waals surface area contributed by atoms with Crippen LogP contribution in [-0.2, 0) is 6.54 Å². The summed E-state index contributed by atoms with van der Waals surface area (Å²) in [4.78, 5) is 41.5. The largest absolute Gasteiger partial charge is 0.312 e. The molecule has 0 atom stereocenters. The number of nitro benzene ring substituents is 3. The summed E-state index contributed by atoms with van der Waals surface area (Å²) in [6.45, 7) is -0.521. The molecule has 0 bridgehead atoms. The Labute approximate surface area is 143 Å². The first-order chi connectivity index (χ1) is 12.2. The second-order valence-corrected chi connectivity index (χ2v) is 4.89. The average Bonchev–Trinajstić information content (AvgIpc) is 2.59. The van der Waals surface area contributed by atoms with E-state index in [1.54, 1.807) is 18.2 Å². The van der Waals surface area contributed by atoms with E-state index in [2.05, 4.69) is 0 Å². The van der Waals surface area contributed by atoms with E-state index in [9.17, 15) is 40.5 Å². The van der Waals surface area contributed by atoms with Crippen LogP contribution >= 0.6 is 0 Å². The van der Waals surface area contributed by atoms with Crippen molar-refractivity contribution in [1.29, 1.82) is 0 Å². The highest BCUT2D eigenvalue weighted by Crippen LogP contribution is 2.41. The smallest absolute Gasteiger partial charge is 0.258 e. The molecule has 0 saturated heterocycles. The van der Waals surface area contributed by atoms with Crippen LogP contribution in [0.1, 0.15) is 5.56 Å². The minimum Gasteiger partial charge on any atom is -0.258 e. The van der Waals surface area contributed by atoms with Crippen LogP contribution in [0.25, 0.3) is 0 Å². The lowest BCUT2D eigenvalue weighted by atomic mass is 10.1. The minimum absolute atomic E-state index is 0.218. The van der Waals surface area contributed by atoms with Crippen molar-refractivity contribution in [3.05, 3.63) is 88.5 Å². The van der Waals surface area contributed by atoms with Crippen molar-refractivity contribution in [3.8, 4) is 0 Å². The van der Waals surface area contributed by atoms with Gasteiger partial charge in [0.05, 0.1) is 26.9 Å². The van der Waals surface area contributed by atoms with E-state index in [-0.39, 0.29) is 5.01 Å². The second-order valence-electron chi connectivity index (χ2n) is 4.89. The maximum absolute atomic E-state index is 11.4. The molecule has 0 N–H and O–H groups in total. The SMILES string of the molecule is O=[N+]([O-])c1cc([N+](=O)[O-])c(N(Cc2ccccc2)[N+](=O)[O-])c([N+](=O)[O-])c1. The van der Waals surface area contributed by atoms with Crippen molar-refractivity contribution >= 4 is 22.7 Å². The molecule has 2 aromatic rings. The third-order valence-corrected chi connectivity index (χ3v) is 3.29. The number of rotatable bonds is 7. The summed E-state index contributed by atoms with van der Waals surface area (Å²) in [6, 6.07) is 8.63. The molecule has 0 aliphatic heterocycles. The molecule has 2 rings (SSSR count). The van der Waals surface area contributed by atoms with Crippen molar-refractivity contribution in [2.45, 2.75) is 6.54 Å². The fourth-order valence-electron chi connectivity index (χ4n) is 2.21. The van der Waals surface area contributed by atoms with E-state index >= 15 is 0 Å². The van der Waals surface area contributed by atoms with Crippen molar-refractivity contribution in [1.82, 2.24) is 0 Å². The molecule has 2 aromatic carbocycles. The van der Waals surface area contributed by atoms with Gasteiger partial charge in [-0.2, -0.15) is 0 Å². The molecule has 0 aliphatic rings. The van der Waals surface area contributed by atoms with Crippen LogP contribution < -0.4 is 5.01 Å². The Hall–Kier alpha value is -4.16. The van der Waals surface area contributed by atoms with Gasteiger partial charge in [-0.3, -0.25) is 30.3 Å². The molecular weight excluding hydrogens is 354 g/mol. The number of nitro groups is 4. The molecule has 13 nitrogen and oxygen atoms in total. The second kappa shape index (κ2) is 7.16. The highest BCUT2D eigenvalue weighted by molar-refractivity contribution is 5.77. The standard InChI is InChI=1S/C13H9N5O8/c19-15(20)10-6-11(16(21)22)13(12(7-10)17(23)24)14(18(25)26)8-9-4-2-1-3-5-9/h1-7H,8H2. The predicted molar refractivity (Wildman–Crippen MR) is 86.0 cm³/mol. The quantitative estimate of drug-likeness (QED) is 0.528. The highest BCUT2D eigenvalue weighted by Gasteiger charge is 2.39. The Kier molecular flexibility index (Phi) is 5.01. The van der Waals surface area contributed by atoms with E-state index in [0.29, 0.717) is 17.7 Å². The van der Waals surface area contributed by atoms with E-state index in [1.165, 1.54) is 12.1 Å². The summed E-state index contributed by atoms with van der Waals surface area (Å²) in [5.41, 5.74) is -3.74. The number of non-ortho nitro benzene ring substituents is 1. The van der Waals surface area contributed by atoms with Gasteiger partial charge in [-0.25, -0.2) is 10.1 Å². The Bertz CT molecular complexity index is 866. The van der Waals surface area contributed by atoms with Gasteiger partial charge >= 0.3 is 11.4 Å². The average molecular weight is 363 g/mol. The lowest BCUT2D eigenvalue weighted by molar-refractivity contribution is -0.499. The molecule has 26 heavy (non-hydrogen) atoms. The van der Waals surface area contributed by atoms with Gasteiger partial charge in [0.25, 0.3) is 11.4 Å². The van der Waals surface area contributed by atoms with Crippen molar-refractivity contribution in [2.24, 2.45) is 0 Å². The van der Waals surface area contributed by atoms with Crippen LogP contribution in [0.5, 0.6) is 0 Å². The molecule has 13 heteroatoms. The van der Waals surface area contributed by atoms with Crippen LogP contribution in [0.15, 0.2) is 42.5 Å². The van der Waals surface area contributed by atoms with E-state index in [4.69, 9.17) is 0 Å². The fourth-order valence-corrected chi connectivity index (χ4v) is 2.21. The maximum atomic E-state index is 11.4. The fraction of sp³-hybridized carbons (Fsp3) is 0.0769. The maximum Gasteiger partial charge on any atom is 0.312 e. The Morgan fingerprint density at radius 3 is 1.65 bits per heavy atom. The molecule has 134 valence electrons. The molecule has 0 amide bonds. The highest BCUT2D eigenvalue weighted by atomic mass is 16.7. The van der Waals surface area contributed by atoms with E-state index < -0.39 is 49.1 Å². The van der Waals surface area contributed by atoms with Gasteiger partial charge in [0.1, 0.15) is 6.54 Å². The van der Waals surface area contributed by atoms with Crippen molar-refractivity contribution in [3.63, 3.8) is 0 Å². The molecule has 0 spiro atoms. The Morgan fingerprint density at radius 1 is 0.769 bits per heavy atom. The molecule has 0 radical (unpaired) electrons. The molecule has 0 heterocycles. The zero-order valence-electron chi connectivity index (χ0n) is 12.8. The van der Waals surface area contributed by atoms with Gasteiger partial charge in [-0.05, 0) is 5.56 Å². The van der Waals surface area contributed by atoms with Crippen molar-refractivity contribution < 1.29 is 19.8 Å². The first-order valence-corrected chi connectivity index (χ1v) is 6.79. The Morgan fingerprint density at radius 2 is 1.27 bits per heavy atom. The van der Waals surface area contributed by atoms with E-state index in [1.807, 2.05) is 0 Å². The van der Waals surface area contributed by atoms with Gasteiger partial charge < -0.3 is 0 Å². The summed E-state index contributed by atoms with van der Waals surface area (Å²) in [5.74, 6) is 0. The predicted octanol–water partition coefficient (Wildman–Crippen LogP) is 2.61. The lowest BCUT2D eigenvalue weighted by Crippen LogP contribution is -2.30. The zero-order chi connectivity index (χ0) is 19.4. The third kappa shape index (κ3) is 3.66. The van der Waals surface area contributed by atoms with Gasteiger partial charge in [0.2, 0.25) is 0 Å². The molecule has 0 saturated carbocycles. The Balaban J connectivity index is 2.73. The lowest BCUT2D eigenvalue weighted by Gasteiger charge is -2.14. The van der Waals surface area contributed by atoms with Gasteiger partial charge in [0, 0.05) is 0 Å². The van der Waals surface area contributed by atoms with Crippen LogP contribution in [0.3, 0.4) is 0 Å². The zero-order valence-corrected chi connectivity index (χ0v) is 12.8. The summed E-state index contributed by atoms with van der Waals surface area (Å²) >= 11 is 0.